The summed E-state index contributed by atoms with van der Waals surface area (Å²) in [5.41, 5.74) is 4.99. The Hall–Kier alpha value is -3.25. The van der Waals surface area contributed by atoms with Crippen LogP contribution in [0.3, 0.4) is 0 Å². The molecule has 0 aliphatic rings. The Balaban J connectivity index is 2.00. The quantitative estimate of drug-likeness (QED) is 0.365. The first-order chi connectivity index (χ1) is 14.7. The number of carbonyl (C=O) groups is 2. The zero-order valence-electron chi connectivity index (χ0n) is 15.2. The molecule has 0 aliphatic heterocycles. The molecule has 0 bridgehead atoms. The molecule has 0 spiro atoms. The van der Waals surface area contributed by atoms with Crippen LogP contribution in [0, 0.1) is 0 Å². The summed E-state index contributed by atoms with van der Waals surface area (Å²) < 4.78 is 40.8. The van der Waals surface area contributed by atoms with Gasteiger partial charge in [-0.2, -0.15) is 18.3 Å². The lowest BCUT2D eigenvalue weighted by Crippen LogP contribution is -2.17. The number of hydrogen-bond donors (Lipinski definition) is 3. The van der Waals surface area contributed by atoms with E-state index in [1.165, 1.54) is 6.20 Å². The lowest BCUT2D eigenvalue weighted by molar-refractivity contribution is -0.140. The second-order valence-corrected chi connectivity index (χ2v) is 8.17. The number of pyridine rings is 1. The van der Waals surface area contributed by atoms with E-state index in [1.54, 1.807) is 30.3 Å². The van der Waals surface area contributed by atoms with Crippen LogP contribution in [0.2, 0.25) is 0 Å². The number of fused-ring (bicyclic) bond motifs is 1. The molecular formula is C19H11BrF3N5O2S. The van der Waals surface area contributed by atoms with Gasteiger partial charge in [0.1, 0.15) is 21.1 Å². The first-order valence-electron chi connectivity index (χ1n) is 8.57. The van der Waals surface area contributed by atoms with Crippen molar-refractivity contribution < 1.29 is 22.8 Å². The van der Waals surface area contributed by atoms with Gasteiger partial charge >= 0.3 is 6.18 Å². The molecule has 0 radical (unpaired) electrons. The Bertz CT molecular complexity index is 1320. The Kier molecular flexibility index (Phi) is 5.27. The maximum atomic E-state index is 13.5. The number of nitrogens with one attached hydrogen (secondary N) is 2. The van der Waals surface area contributed by atoms with Crippen LogP contribution in [-0.2, 0) is 6.18 Å². The van der Waals surface area contributed by atoms with E-state index < -0.39 is 23.7 Å². The zero-order chi connectivity index (χ0) is 22.3. The van der Waals surface area contributed by atoms with Gasteiger partial charge in [-0.15, -0.1) is 11.3 Å². The first-order valence-corrected chi connectivity index (χ1v) is 10.2. The minimum atomic E-state index is -4.71. The number of alkyl halides is 3. The molecule has 0 unspecified atom stereocenters. The minimum Gasteiger partial charge on any atom is -0.365 e. The van der Waals surface area contributed by atoms with Gasteiger partial charge < -0.3 is 11.1 Å². The summed E-state index contributed by atoms with van der Waals surface area (Å²) in [7, 11) is 0. The Morgan fingerprint density at radius 2 is 1.90 bits per heavy atom. The number of anilines is 1. The molecule has 1 aromatic carbocycles. The molecule has 3 heterocycles. The highest BCUT2D eigenvalue weighted by molar-refractivity contribution is 9.10. The number of amides is 2. The molecule has 4 rings (SSSR count). The number of H-pyrrole nitrogens is 1. The number of carbonyl (C=O) groups excluding carboxylic acids is 2. The molecule has 0 saturated heterocycles. The largest absolute Gasteiger partial charge is 0.433 e. The summed E-state index contributed by atoms with van der Waals surface area (Å²) in [5, 5.41) is 9.00. The van der Waals surface area contributed by atoms with Crippen molar-refractivity contribution >= 4 is 55.0 Å². The number of primary amides is 1. The van der Waals surface area contributed by atoms with Gasteiger partial charge in [0.05, 0.1) is 16.4 Å². The number of nitrogens with two attached hydrogens (primary N) is 1. The van der Waals surface area contributed by atoms with Crippen molar-refractivity contribution in [1.82, 2.24) is 15.2 Å². The molecule has 0 aliphatic carbocycles. The second kappa shape index (κ2) is 7.78. The zero-order valence-corrected chi connectivity index (χ0v) is 17.7. The molecule has 158 valence electrons. The normalized spacial score (nSPS) is 11.6. The third kappa shape index (κ3) is 3.91. The van der Waals surface area contributed by atoms with Crippen molar-refractivity contribution in [1.29, 1.82) is 0 Å². The van der Waals surface area contributed by atoms with Crippen LogP contribution >= 0.6 is 27.3 Å². The molecule has 3 aromatic heterocycles. The molecule has 2 amide bonds. The van der Waals surface area contributed by atoms with Gasteiger partial charge in [0.15, 0.2) is 0 Å². The average Bonchev–Trinajstić information content (AvgIpc) is 3.31. The lowest BCUT2D eigenvalue weighted by Gasteiger charge is -2.12. The van der Waals surface area contributed by atoms with Crippen molar-refractivity contribution in [3.05, 3.63) is 63.3 Å². The third-order valence-corrected chi connectivity index (χ3v) is 6.02. The van der Waals surface area contributed by atoms with Gasteiger partial charge in [0.2, 0.25) is 0 Å². The summed E-state index contributed by atoms with van der Waals surface area (Å²) in [6.07, 6.45) is -3.35. The fourth-order valence-corrected chi connectivity index (χ4v) is 4.37. The number of aromatic nitrogens is 3. The highest BCUT2D eigenvalue weighted by Gasteiger charge is 2.35. The van der Waals surface area contributed by atoms with Crippen LogP contribution in [0.5, 0.6) is 0 Å². The number of aromatic amines is 1. The van der Waals surface area contributed by atoms with Crippen LogP contribution in [0.1, 0.15) is 25.9 Å². The van der Waals surface area contributed by atoms with Crippen LogP contribution in [-0.4, -0.2) is 27.0 Å². The van der Waals surface area contributed by atoms with E-state index in [2.05, 4.69) is 36.4 Å². The number of rotatable bonds is 4. The Morgan fingerprint density at radius 1 is 1.19 bits per heavy atom. The van der Waals surface area contributed by atoms with Gasteiger partial charge in [-0.05, 0) is 33.1 Å². The van der Waals surface area contributed by atoms with Crippen molar-refractivity contribution in [3.63, 3.8) is 0 Å². The van der Waals surface area contributed by atoms with Crippen LogP contribution in [0.15, 0.2) is 47.1 Å². The molecule has 4 N–H and O–H groups in total. The van der Waals surface area contributed by atoms with Crippen molar-refractivity contribution in [2.75, 3.05) is 5.32 Å². The number of thiophene rings is 1. The van der Waals surface area contributed by atoms with E-state index in [0.717, 1.165) is 6.07 Å². The summed E-state index contributed by atoms with van der Waals surface area (Å²) in [6, 6.07) is 9.16. The van der Waals surface area contributed by atoms with E-state index in [4.69, 9.17) is 5.73 Å². The third-order valence-electron chi connectivity index (χ3n) is 4.32. The van der Waals surface area contributed by atoms with E-state index >= 15 is 0 Å². The van der Waals surface area contributed by atoms with Crippen molar-refractivity contribution in [3.8, 4) is 11.1 Å². The Labute approximate surface area is 184 Å². The standard InChI is InChI=1S/C19H11BrF3N5O2S/c20-10-7-25-28-13(10)17(30)27-14-12-9(8-4-2-1-3-5-8)6-11(19(21,22)23)26-18(12)31-15(14)16(24)29/h1-7H,(H2,24,29)(H,25,28)(H,27,30). The second-order valence-electron chi connectivity index (χ2n) is 6.32. The SMILES string of the molecule is NC(=O)c1sc2nc(C(F)(F)F)cc(-c3ccccc3)c2c1NC(=O)c1[nH]ncc1Br. The van der Waals surface area contributed by atoms with E-state index in [1.807, 2.05) is 0 Å². The summed E-state index contributed by atoms with van der Waals surface area (Å²) in [5.74, 6) is -1.57. The summed E-state index contributed by atoms with van der Waals surface area (Å²) in [4.78, 5) is 28.3. The average molecular weight is 510 g/mol. The molecule has 0 atom stereocenters. The summed E-state index contributed by atoms with van der Waals surface area (Å²) in [6.45, 7) is 0. The molecular weight excluding hydrogens is 499 g/mol. The maximum Gasteiger partial charge on any atom is 0.433 e. The van der Waals surface area contributed by atoms with Gasteiger partial charge in [0.25, 0.3) is 11.8 Å². The molecule has 4 aromatic rings. The fourth-order valence-electron chi connectivity index (χ4n) is 2.99. The van der Waals surface area contributed by atoms with Crippen molar-refractivity contribution in [2.45, 2.75) is 6.18 Å². The molecule has 0 saturated carbocycles. The molecule has 12 heteroatoms. The maximum absolute atomic E-state index is 13.5. The number of nitrogens with zero attached hydrogens (tertiary/aromatic N) is 2. The molecule has 31 heavy (non-hydrogen) atoms. The topological polar surface area (TPSA) is 114 Å². The van der Waals surface area contributed by atoms with Gasteiger partial charge in [-0.1, -0.05) is 30.3 Å². The fraction of sp³-hybridized carbons (Fsp3) is 0.0526. The Morgan fingerprint density at radius 3 is 2.48 bits per heavy atom. The highest BCUT2D eigenvalue weighted by atomic mass is 79.9. The first kappa shape index (κ1) is 21.0. The number of hydrogen-bond acceptors (Lipinski definition) is 5. The monoisotopic (exact) mass is 509 g/mol. The summed E-state index contributed by atoms with van der Waals surface area (Å²) >= 11 is 3.85. The number of halogens is 4. The van der Waals surface area contributed by atoms with Gasteiger partial charge in [0, 0.05) is 5.39 Å². The van der Waals surface area contributed by atoms with E-state index in [0.29, 0.717) is 21.4 Å². The predicted octanol–water partition coefficient (Wildman–Crippen LogP) is 4.82. The lowest BCUT2D eigenvalue weighted by atomic mass is 10.0. The predicted molar refractivity (Wildman–Crippen MR) is 113 cm³/mol. The number of benzene rings is 1. The minimum absolute atomic E-state index is 0.0147. The van der Waals surface area contributed by atoms with Crippen LogP contribution < -0.4 is 11.1 Å². The van der Waals surface area contributed by atoms with Gasteiger partial charge in [-0.25, -0.2) is 4.98 Å². The van der Waals surface area contributed by atoms with Gasteiger partial charge in [-0.3, -0.25) is 14.7 Å². The van der Waals surface area contributed by atoms with Crippen LogP contribution in [0.25, 0.3) is 21.3 Å². The smallest absolute Gasteiger partial charge is 0.365 e. The highest BCUT2D eigenvalue weighted by Crippen LogP contribution is 2.43. The molecule has 7 nitrogen and oxygen atoms in total. The van der Waals surface area contributed by atoms with Crippen molar-refractivity contribution in [2.24, 2.45) is 5.73 Å². The van der Waals surface area contributed by atoms with Crippen LogP contribution in [0.4, 0.5) is 18.9 Å². The van der Waals surface area contributed by atoms with E-state index in [-0.39, 0.29) is 32.0 Å². The van der Waals surface area contributed by atoms with E-state index in [9.17, 15) is 22.8 Å². The molecule has 0 fully saturated rings.